The summed E-state index contributed by atoms with van der Waals surface area (Å²) in [5.41, 5.74) is 3.66. The summed E-state index contributed by atoms with van der Waals surface area (Å²) in [6, 6.07) is 1.71. The highest BCUT2D eigenvalue weighted by Gasteiger charge is 2.27. The van der Waals surface area contributed by atoms with Gasteiger partial charge in [0.2, 0.25) is 0 Å². The number of nitrogens with zero attached hydrogens (tertiary/aromatic N) is 1. The molecular weight excluding hydrogens is 200 g/mol. The first kappa shape index (κ1) is 13.9. The zero-order chi connectivity index (χ0) is 12.1. The molecule has 1 heterocycles. The van der Waals surface area contributed by atoms with Crippen molar-refractivity contribution in [3.05, 3.63) is 0 Å². The predicted molar refractivity (Wildman–Crippen MR) is 68.3 cm³/mol. The van der Waals surface area contributed by atoms with Crippen LogP contribution in [0.1, 0.15) is 47.0 Å². The van der Waals surface area contributed by atoms with Crippen molar-refractivity contribution in [2.24, 2.45) is 5.92 Å². The van der Waals surface area contributed by atoms with Crippen molar-refractivity contribution in [3.63, 3.8) is 0 Å². The molecule has 96 valence electrons. The molecule has 1 fully saturated rings. The maximum Gasteiger partial charge on any atom is 0.0632 e. The first-order valence-electron chi connectivity index (χ1n) is 6.59. The number of hydrogen-bond acceptors (Lipinski definition) is 3. The van der Waals surface area contributed by atoms with Crippen molar-refractivity contribution in [2.75, 3.05) is 13.7 Å². The second kappa shape index (κ2) is 6.58. The Morgan fingerprint density at radius 2 is 1.81 bits per heavy atom. The van der Waals surface area contributed by atoms with E-state index in [1.165, 1.54) is 19.3 Å². The van der Waals surface area contributed by atoms with Gasteiger partial charge in [0.1, 0.15) is 0 Å². The van der Waals surface area contributed by atoms with Crippen molar-refractivity contribution in [1.82, 2.24) is 10.4 Å². The number of nitrogens with one attached hydrogen (secondary N) is 1. The van der Waals surface area contributed by atoms with E-state index in [9.17, 15) is 0 Å². The standard InChI is InChI=1S/C13H28N2O/c1-10(2)13(9-16-5)14-15-11(3)7-6-8-12(15)4/h10-14H,6-9H2,1-5H3. The Morgan fingerprint density at radius 1 is 1.25 bits per heavy atom. The first-order chi connectivity index (χ1) is 7.56. The fourth-order valence-corrected chi connectivity index (χ4v) is 2.43. The van der Waals surface area contributed by atoms with Crippen LogP contribution in [0.25, 0.3) is 0 Å². The molecule has 0 aliphatic carbocycles. The molecule has 1 aliphatic rings. The molecule has 0 saturated carbocycles. The molecular formula is C13H28N2O. The molecule has 0 bridgehead atoms. The molecule has 0 aromatic rings. The largest absolute Gasteiger partial charge is 0.383 e. The molecule has 0 aromatic carbocycles. The highest BCUT2D eigenvalue weighted by molar-refractivity contribution is 4.80. The summed E-state index contributed by atoms with van der Waals surface area (Å²) in [5.74, 6) is 0.598. The fourth-order valence-electron chi connectivity index (χ4n) is 2.43. The highest BCUT2D eigenvalue weighted by atomic mass is 16.5. The minimum Gasteiger partial charge on any atom is -0.383 e. The van der Waals surface area contributed by atoms with Gasteiger partial charge in [0.15, 0.2) is 0 Å². The molecule has 3 atom stereocenters. The van der Waals surface area contributed by atoms with Gasteiger partial charge in [-0.2, -0.15) is 0 Å². The average molecular weight is 228 g/mol. The van der Waals surface area contributed by atoms with Crippen LogP contribution in [0.3, 0.4) is 0 Å². The molecule has 3 unspecified atom stereocenters. The lowest BCUT2D eigenvalue weighted by atomic mass is 9.99. The van der Waals surface area contributed by atoms with Gasteiger partial charge in [-0.25, -0.2) is 10.4 Å². The molecule has 0 aromatic heterocycles. The Labute approximate surface area is 101 Å². The SMILES string of the molecule is COCC(NN1C(C)CCCC1C)C(C)C. The van der Waals surface area contributed by atoms with Crippen LogP contribution in [0.15, 0.2) is 0 Å². The molecule has 3 heteroatoms. The van der Waals surface area contributed by atoms with Crippen LogP contribution in [-0.4, -0.2) is 36.9 Å². The van der Waals surface area contributed by atoms with E-state index in [-0.39, 0.29) is 0 Å². The Hall–Kier alpha value is -0.120. The van der Waals surface area contributed by atoms with Crippen molar-refractivity contribution < 1.29 is 4.74 Å². The zero-order valence-corrected chi connectivity index (χ0v) is 11.5. The Bertz CT molecular complexity index is 186. The van der Waals surface area contributed by atoms with Gasteiger partial charge in [-0.1, -0.05) is 20.3 Å². The Morgan fingerprint density at radius 3 is 2.25 bits per heavy atom. The van der Waals surface area contributed by atoms with Crippen molar-refractivity contribution in [2.45, 2.75) is 65.1 Å². The second-order valence-corrected chi connectivity index (χ2v) is 5.47. The number of hydrazine groups is 1. The van der Waals surface area contributed by atoms with Crippen LogP contribution in [-0.2, 0) is 4.74 Å². The maximum absolute atomic E-state index is 5.29. The number of hydrogen-bond donors (Lipinski definition) is 1. The minimum absolute atomic E-state index is 0.424. The summed E-state index contributed by atoms with van der Waals surface area (Å²) in [7, 11) is 1.78. The molecule has 3 nitrogen and oxygen atoms in total. The lowest BCUT2D eigenvalue weighted by Gasteiger charge is -2.42. The van der Waals surface area contributed by atoms with E-state index >= 15 is 0 Å². The van der Waals surface area contributed by atoms with E-state index in [0.29, 0.717) is 24.0 Å². The molecule has 1 aliphatic heterocycles. The third-order valence-electron chi connectivity index (χ3n) is 3.66. The summed E-state index contributed by atoms with van der Waals surface area (Å²) >= 11 is 0. The molecule has 1 saturated heterocycles. The molecule has 16 heavy (non-hydrogen) atoms. The van der Waals surface area contributed by atoms with Gasteiger partial charge < -0.3 is 4.74 Å². The minimum atomic E-state index is 0.424. The lowest BCUT2D eigenvalue weighted by molar-refractivity contribution is 0.00250. The predicted octanol–water partition coefficient (Wildman–Crippen LogP) is 2.42. The third-order valence-corrected chi connectivity index (χ3v) is 3.66. The van der Waals surface area contributed by atoms with Crippen LogP contribution >= 0.6 is 0 Å². The van der Waals surface area contributed by atoms with Gasteiger partial charge >= 0.3 is 0 Å². The molecule has 0 spiro atoms. The Balaban J connectivity index is 2.53. The smallest absolute Gasteiger partial charge is 0.0632 e. The Kier molecular flexibility index (Phi) is 5.73. The fraction of sp³-hybridized carbons (Fsp3) is 1.00. The number of piperidine rings is 1. The van der Waals surface area contributed by atoms with Crippen LogP contribution < -0.4 is 5.43 Å². The van der Waals surface area contributed by atoms with E-state index in [1.54, 1.807) is 7.11 Å². The molecule has 1 N–H and O–H groups in total. The normalized spacial score (nSPS) is 29.6. The van der Waals surface area contributed by atoms with E-state index < -0.39 is 0 Å². The van der Waals surface area contributed by atoms with Crippen molar-refractivity contribution in [1.29, 1.82) is 0 Å². The summed E-state index contributed by atoms with van der Waals surface area (Å²) in [6.07, 6.45) is 3.96. The van der Waals surface area contributed by atoms with E-state index in [2.05, 4.69) is 38.1 Å². The summed E-state index contributed by atoms with van der Waals surface area (Å²) in [6.45, 7) is 9.90. The van der Waals surface area contributed by atoms with Gasteiger partial charge in [-0.15, -0.1) is 0 Å². The topological polar surface area (TPSA) is 24.5 Å². The van der Waals surface area contributed by atoms with Gasteiger partial charge in [-0.3, -0.25) is 0 Å². The lowest BCUT2D eigenvalue weighted by Crippen LogP contribution is -2.57. The van der Waals surface area contributed by atoms with Crippen LogP contribution in [0.2, 0.25) is 0 Å². The van der Waals surface area contributed by atoms with Gasteiger partial charge in [-0.05, 0) is 32.6 Å². The van der Waals surface area contributed by atoms with Crippen molar-refractivity contribution >= 4 is 0 Å². The van der Waals surface area contributed by atoms with Crippen LogP contribution in [0.4, 0.5) is 0 Å². The summed E-state index contributed by atoms with van der Waals surface area (Å²) < 4.78 is 5.29. The van der Waals surface area contributed by atoms with Crippen LogP contribution in [0.5, 0.6) is 0 Å². The van der Waals surface area contributed by atoms with E-state index in [0.717, 1.165) is 6.61 Å². The molecule has 1 rings (SSSR count). The summed E-state index contributed by atoms with van der Waals surface area (Å²) in [4.78, 5) is 0. The highest BCUT2D eigenvalue weighted by Crippen LogP contribution is 2.21. The summed E-state index contributed by atoms with van der Waals surface area (Å²) in [5, 5.41) is 2.44. The molecule has 0 radical (unpaired) electrons. The quantitative estimate of drug-likeness (QED) is 0.782. The zero-order valence-electron chi connectivity index (χ0n) is 11.5. The second-order valence-electron chi connectivity index (χ2n) is 5.47. The number of methoxy groups -OCH3 is 1. The van der Waals surface area contributed by atoms with Crippen LogP contribution in [0, 0.1) is 5.92 Å². The number of rotatable bonds is 5. The van der Waals surface area contributed by atoms with Gasteiger partial charge in [0, 0.05) is 25.2 Å². The first-order valence-corrected chi connectivity index (χ1v) is 6.59. The average Bonchev–Trinajstić information content (AvgIpc) is 2.21. The third kappa shape index (κ3) is 3.72. The maximum atomic E-state index is 5.29. The monoisotopic (exact) mass is 228 g/mol. The molecule has 0 amide bonds. The van der Waals surface area contributed by atoms with E-state index in [4.69, 9.17) is 4.74 Å². The van der Waals surface area contributed by atoms with E-state index in [1.807, 2.05) is 0 Å². The van der Waals surface area contributed by atoms with Gasteiger partial charge in [0.25, 0.3) is 0 Å². The van der Waals surface area contributed by atoms with Gasteiger partial charge in [0.05, 0.1) is 6.61 Å². The number of ether oxygens (including phenoxy) is 1. The van der Waals surface area contributed by atoms with Crippen molar-refractivity contribution in [3.8, 4) is 0 Å².